The van der Waals surface area contributed by atoms with Gasteiger partial charge < -0.3 is 14.4 Å². The maximum atomic E-state index is 13.0. The summed E-state index contributed by atoms with van der Waals surface area (Å²) in [4.78, 5) is 38.2. The van der Waals surface area contributed by atoms with Crippen molar-refractivity contribution in [3.05, 3.63) is 23.3 Å². The molecule has 5 heteroatoms. The van der Waals surface area contributed by atoms with Crippen molar-refractivity contribution in [2.24, 2.45) is 5.92 Å². The monoisotopic (exact) mass is 375 g/mol. The van der Waals surface area contributed by atoms with E-state index in [1.54, 1.807) is 0 Å². The zero-order chi connectivity index (χ0) is 20.7. The molecule has 0 N–H and O–H groups in total. The third kappa shape index (κ3) is 6.49. The molecule has 0 saturated carbocycles. The molecule has 0 aliphatic rings. The van der Waals surface area contributed by atoms with Crippen LogP contribution in [-0.4, -0.2) is 37.5 Å². The summed E-state index contributed by atoms with van der Waals surface area (Å²) in [6.07, 6.45) is 1.50. The first kappa shape index (κ1) is 22.9. The fraction of sp³-hybridized carbons (Fsp3) is 0.591. The number of ketones is 3. The molecule has 0 aliphatic carbocycles. The van der Waals surface area contributed by atoms with Gasteiger partial charge in [0.15, 0.2) is 5.78 Å². The second kappa shape index (κ2) is 10.2. The number of nitrogens with zero attached hydrogens (tertiary/aromatic N) is 1. The van der Waals surface area contributed by atoms with Gasteiger partial charge in [0.25, 0.3) is 0 Å². The first-order valence-corrected chi connectivity index (χ1v) is 9.61. The van der Waals surface area contributed by atoms with Crippen LogP contribution in [0.15, 0.2) is 12.1 Å². The van der Waals surface area contributed by atoms with Crippen LogP contribution in [0.3, 0.4) is 0 Å². The van der Waals surface area contributed by atoms with E-state index in [1.807, 2.05) is 51.9 Å². The van der Waals surface area contributed by atoms with Gasteiger partial charge in [0, 0.05) is 44.0 Å². The number of hydrogen-bond acceptors (Lipinski definition) is 5. The zero-order valence-electron chi connectivity index (χ0n) is 17.7. The molecule has 5 nitrogen and oxygen atoms in total. The number of carbonyl (C=O) groups excluding carboxylic acids is 3. The van der Waals surface area contributed by atoms with E-state index in [0.717, 1.165) is 17.0 Å². The van der Waals surface area contributed by atoms with E-state index >= 15 is 0 Å². The van der Waals surface area contributed by atoms with Crippen LogP contribution in [0, 0.1) is 5.92 Å². The van der Waals surface area contributed by atoms with E-state index in [1.165, 1.54) is 13.8 Å². The minimum atomic E-state index is -0.422. The highest BCUT2D eigenvalue weighted by Crippen LogP contribution is 2.36. The van der Waals surface area contributed by atoms with Crippen LogP contribution in [0.1, 0.15) is 69.8 Å². The molecule has 0 spiro atoms. The van der Waals surface area contributed by atoms with Crippen LogP contribution in [0.2, 0.25) is 0 Å². The van der Waals surface area contributed by atoms with Gasteiger partial charge in [-0.15, -0.1) is 0 Å². The van der Waals surface area contributed by atoms with Crippen molar-refractivity contribution in [2.45, 2.75) is 66.4 Å². The number of anilines is 1. The van der Waals surface area contributed by atoms with Gasteiger partial charge in [0.2, 0.25) is 0 Å². The lowest BCUT2D eigenvalue weighted by Gasteiger charge is -2.24. The maximum Gasteiger partial charge on any atom is 0.164 e. The quantitative estimate of drug-likeness (QED) is 0.541. The molecule has 27 heavy (non-hydrogen) atoms. The van der Waals surface area contributed by atoms with Gasteiger partial charge in [-0.25, -0.2) is 0 Å². The van der Waals surface area contributed by atoms with Gasteiger partial charge in [-0.3, -0.25) is 9.59 Å². The number of hydrogen-bond donors (Lipinski definition) is 0. The summed E-state index contributed by atoms with van der Waals surface area (Å²) in [5.41, 5.74) is 2.40. The average Bonchev–Trinajstić information content (AvgIpc) is 2.56. The second-order valence-corrected chi connectivity index (χ2v) is 7.53. The second-order valence-electron chi connectivity index (χ2n) is 7.53. The molecule has 1 atom stereocenters. The SMILES string of the molecule is CCc1c(C(=O)CC(CCC(C)=O)C(C)=O)ccc(N(C)C)c1OC(C)C. The number of Topliss-reactive ketones (excluding diaryl/α,β-unsaturated/α-hetero) is 3. The molecule has 1 aromatic carbocycles. The van der Waals surface area contributed by atoms with Gasteiger partial charge in [-0.1, -0.05) is 6.92 Å². The average molecular weight is 376 g/mol. The van der Waals surface area contributed by atoms with Crippen molar-refractivity contribution in [3.8, 4) is 5.75 Å². The number of ether oxygens (including phenoxy) is 1. The third-order valence-corrected chi connectivity index (χ3v) is 4.58. The molecule has 0 aliphatic heterocycles. The van der Waals surface area contributed by atoms with E-state index < -0.39 is 5.92 Å². The summed E-state index contributed by atoms with van der Waals surface area (Å²) in [6, 6.07) is 3.72. The normalized spacial score (nSPS) is 12.0. The highest BCUT2D eigenvalue weighted by molar-refractivity contribution is 6.01. The highest BCUT2D eigenvalue weighted by atomic mass is 16.5. The molecule has 0 bridgehead atoms. The predicted octanol–water partition coefficient (Wildman–Crippen LogP) is 4.25. The van der Waals surface area contributed by atoms with Crippen LogP contribution >= 0.6 is 0 Å². The molecule has 0 saturated heterocycles. The fourth-order valence-corrected chi connectivity index (χ4v) is 3.11. The van der Waals surface area contributed by atoms with E-state index in [2.05, 4.69) is 0 Å². The maximum absolute atomic E-state index is 13.0. The molecule has 0 amide bonds. The molecule has 0 heterocycles. The predicted molar refractivity (Wildman–Crippen MR) is 109 cm³/mol. The lowest BCUT2D eigenvalue weighted by atomic mass is 9.88. The Bertz CT molecular complexity index is 692. The Labute approximate surface area is 163 Å². The van der Waals surface area contributed by atoms with E-state index in [0.29, 0.717) is 24.8 Å². The van der Waals surface area contributed by atoms with Crippen LogP contribution in [0.25, 0.3) is 0 Å². The van der Waals surface area contributed by atoms with Crippen molar-refractivity contribution in [1.29, 1.82) is 0 Å². The number of rotatable bonds is 11. The zero-order valence-corrected chi connectivity index (χ0v) is 17.7. The van der Waals surface area contributed by atoms with Gasteiger partial charge in [-0.05, 0) is 52.7 Å². The van der Waals surface area contributed by atoms with Crippen molar-refractivity contribution in [3.63, 3.8) is 0 Å². The van der Waals surface area contributed by atoms with Gasteiger partial charge in [0.1, 0.15) is 17.3 Å². The largest absolute Gasteiger partial charge is 0.489 e. The van der Waals surface area contributed by atoms with Crippen LogP contribution < -0.4 is 9.64 Å². The standard InChI is InChI=1S/C22H33NO4/c1-8-18-19(11-12-20(23(6)7)22(18)27-14(2)3)21(26)13-17(16(5)25)10-9-15(4)24/h11-12,14,17H,8-10,13H2,1-7H3. The van der Waals surface area contributed by atoms with E-state index in [-0.39, 0.29) is 29.9 Å². The van der Waals surface area contributed by atoms with Gasteiger partial charge in [0.05, 0.1) is 11.8 Å². The Morgan fingerprint density at radius 3 is 2.19 bits per heavy atom. The minimum absolute atomic E-state index is 0.0140. The van der Waals surface area contributed by atoms with Crippen molar-refractivity contribution < 1.29 is 19.1 Å². The first-order valence-electron chi connectivity index (χ1n) is 9.61. The summed E-state index contributed by atoms with van der Waals surface area (Å²) in [5, 5.41) is 0. The molecular formula is C22H33NO4. The summed E-state index contributed by atoms with van der Waals surface area (Å²) >= 11 is 0. The summed E-state index contributed by atoms with van der Waals surface area (Å²) in [6.45, 7) is 8.91. The first-order chi connectivity index (χ1) is 12.6. The molecule has 1 unspecified atom stereocenters. The molecule has 0 radical (unpaired) electrons. The lowest BCUT2D eigenvalue weighted by molar-refractivity contribution is -0.121. The Morgan fingerprint density at radius 1 is 1.11 bits per heavy atom. The molecule has 150 valence electrons. The number of carbonyl (C=O) groups is 3. The van der Waals surface area contributed by atoms with Crippen LogP contribution in [-0.2, 0) is 16.0 Å². The van der Waals surface area contributed by atoms with Crippen molar-refractivity contribution in [2.75, 3.05) is 19.0 Å². The van der Waals surface area contributed by atoms with E-state index in [9.17, 15) is 14.4 Å². The Balaban J connectivity index is 3.25. The van der Waals surface area contributed by atoms with Crippen molar-refractivity contribution in [1.82, 2.24) is 0 Å². The molecule has 0 fully saturated rings. The van der Waals surface area contributed by atoms with Gasteiger partial charge in [-0.2, -0.15) is 0 Å². The van der Waals surface area contributed by atoms with Crippen LogP contribution in [0.5, 0.6) is 5.75 Å². The van der Waals surface area contributed by atoms with Gasteiger partial charge >= 0.3 is 0 Å². The Hall–Kier alpha value is -2.17. The summed E-state index contributed by atoms with van der Waals surface area (Å²) in [5.74, 6) is 0.215. The molecule has 1 aromatic rings. The summed E-state index contributed by atoms with van der Waals surface area (Å²) in [7, 11) is 3.88. The lowest BCUT2D eigenvalue weighted by Crippen LogP contribution is -2.20. The van der Waals surface area contributed by atoms with Crippen molar-refractivity contribution >= 4 is 23.0 Å². The van der Waals surface area contributed by atoms with E-state index in [4.69, 9.17) is 4.74 Å². The molecule has 1 rings (SSSR count). The smallest absolute Gasteiger partial charge is 0.164 e. The van der Waals surface area contributed by atoms with Crippen LogP contribution in [0.4, 0.5) is 5.69 Å². The Kier molecular flexibility index (Phi) is 8.67. The topological polar surface area (TPSA) is 63.7 Å². The fourth-order valence-electron chi connectivity index (χ4n) is 3.11. The third-order valence-electron chi connectivity index (χ3n) is 4.58. The minimum Gasteiger partial charge on any atom is -0.489 e. The molecular weight excluding hydrogens is 342 g/mol. The number of benzene rings is 1. The highest BCUT2D eigenvalue weighted by Gasteiger charge is 2.24. The molecule has 0 aromatic heterocycles. The summed E-state index contributed by atoms with van der Waals surface area (Å²) < 4.78 is 6.05. The Morgan fingerprint density at radius 2 is 1.74 bits per heavy atom.